The van der Waals surface area contributed by atoms with Crippen LogP contribution in [-0.2, 0) is 9.84 Å². The number of aromatic nitrogens is 2. The van der Waals surface area contributed by atoms with E-state index in [1.807, 2.05) is 0 Å². The lowest BCUT2D eigenvalue weighted by Crippen LogP contribution is -2.38. The summed E-state index contributed by atoms with van der Waals surface area (Å²) in [6, 6.07) is 0.107. The fourth-order valence-electron chi connectivity index (χ4n) is 2.38. The highest BCUT2D eigenvalue weighted by Gasteiger charge is 2.40. The van der Waals surface area contributed by atoms with Crippen molar-refractivity contribution in [1.29, 1.82) is 0 Å². The quantitative estimate of drug-likeness (QED) is 0.856. The molecule has 0 amide bonds. The summed E-state index contributed by atoms with van der Waals surface area (Å²) in [5.74, 6) is 0. The summed E-state index contributed by atoms with van der Waals surface area (Å²) in [5, 5.41) is 4.14. The van der Waals surface area contributed by atoms with Gasteiger partial charge in [0.15, 0.2) is 9.84 Å². The van der Waals surface area contributed by atoms with Crippen LogP contribution in [0.15, 0.2) is 17.3 Å². The van der Waals surface area contributed by atoms with E-state index in [4.69, 9.17) is 5.73 Å². The zero-order valence-corrected chi connectivity index (χ0v) is 11.2. The summed E-state index contributed by atoms with van der Waals surface area (Å²) in [6.45, 7) is 4.28. The molecule has 0 bridgehead atoms. The van der Waals surface area contributed by atoms with Gasteiger partial charge in [-0.2, -0.15) is 5.10 Å². The van der Waals surface area contributed by atoms with E-state index >= 15 is 0 Å². The highest BCUT2D eigenvalue weighted by molar-refractivity contribution is 7.90. The Hall–Kier alpha value is -0.880. The number of hydrogen-bond donors (Lipinski definition) is 1. The number of nitrogens with two attached hydrogens (primary N) is 1. The first-order valence-electron chi connectivity index (χ1n) is 5.71. The van der Waals surface area contributed by atoms with E-state index in [-0.39, 0.29) is 22.4 Å². The first-order valence-corrected chi connectivity index (χ1v) is 7.61. The molecule has 1 fully saturated rings. The zero-order chi connectivity index (χ0) is 12.8. The summed E-state index contributed by atoms with van der Waals surface area (Å²) in [5.41, 5.74) is 6.28. The molecule has 1 heterocycles. The third-order valence-electron chi connectivity index (χ3n) is 3.75. The fourth-order valence-corrected chi connectivity index (χ4v) is 2.92. The Morgan fingerprint density at radius 1 is 1.53 bits per heavy atom. The summed E-state index contributed by atoms with van der Waals surface area (Å²) in [7, 11) is -3.18. The number of rotatable bonds is 2. The van der Waals surface area contributed by atoms with Gasteiger partial charge in [0, 0.05) is 18.5 Å². The van der Waals surface area contributed by atoms with E-state index in [0.717, 1.165) is 12.8 Å². The Kier molecular flexibility index (Phi) is 2.82. The monoisotopic (exact) mass is 257 g/mol. The molecule has 6 heteroatoms. The fraction of sp³-hybridized carbons (Fsp3) is 0.727. The molecule has 2 N–H and O–H groups in total. The van der Waals surface area contributed by atoms with Gasteiger partial charge in [-0.3, -0.25) is 4.68 Å². The molecule has 1 saturated carbocycles. The summed E-state index contributed by atoms with van der Waals surface area (Å²) < 4.78 is 24.5. The first-order chi connectivity index (χ1) is 7.72. The van der Waals surface area contributed by atoms with Crippen molar-refractivity contribution in [2.24, 2.45) is 11.1 Å². The standard InChI is InChI=1S/C11H19N3O2S/c1-11(2)5-4-9(10(11)12)14-7-8(6-13-14)17(3,15)16/h6-7,9-10H,4-5,12H2,1-3H3. The van der Waals surface area contributed by atoms with Gasteiger partial charge in [0.2, 0.25) is 0 Å². The van der Waals surface area contributed by atoms with Crippen molar-refractivity contribution in [2.45, 2.75) is 43.7 Å². The van der Waals surface area contributed by atoms with Crippen LogP contribution in [0.5, 0.6) is 0 Å². The van der Waals surface area contributed by atoms with E-state index in [1.165, 1.54) is 12.5 Å². The Morgan fingerprint density at radius 3 is 2.59 bits per heavy atom. The van der Waals surface area contributed by atoms with Crippen LogP contribution in [0.1, 0.15) is 32.7 Å². The molecule has 0 radical (unpaired) electrons. The van der Waals surface area contributed by atoms with E-state index in [0.29, 0.717) is 0 Å². The van der Waals surface area contributed by atoms with Crippen LogP contribution in [0.4, 0.5) is 0 Å². The van der Waals surface area contributed by atoms with E-state index in [1.54, 1.807) is 10.9 Å². The zero-order valence-electron chi connectivity index (χ0n) is 10.4. The topological polar surface area (TPSA) is 78.0 Å². The third kappa shape index (κ3) is 2.24. The Labute approximate surface area is 102 Å². The Balaban J connectivity index is 2.29. The van der Waals surface area contributed by atoms with Crippen LogP contribution >= 0.6 is 0 Å². The normalized spacial score (nSPS) is 28.5. The van der Waals surface area contributed by atoms with Gasteiger partial charge < -0.3 is 5.73 Å². The maximum Gasteiger partial charge on any atom is 0.178 e. The average molecular weight is 257 g/mol. The molecule has 0 aliphatic heterocycles. The second-order valence-corrected chi connectivity index (χ2v) is 7.56. The van der Waals surface area contributed by atoms with Gasteiger partial charge >= 0.3 is 0 Å². The highest BCUT2D eigenvalue weighted by atomic mass is 32.2. The Morgan fingerprint density at radius 2 is 2.18 bits per heavy atom. The van der Waals surface area contributed by atoms with Gasteiger partial charge in [-0.15, -0.1) is 0 Å². The molecular formula is C11H19N3O2S. The van der Waals surface area contributed by atoms with Crippen LogP contribution in [0.3, 0.4) is 0 Å². The average Bonchev–Trinajstić information content (AvgIpc) is 2.73. The van der Waals surface area contributed by atoms with Crippen molar-refractivity contribution in [3.05, 3.63) is 12.4 Å². The molecule has 0 saturated heterocycles. The smallest absolute Gasteiger partial charge is 0.178 e. The van der Waals surface area contributed by atoms with Crippen molar-refractivity contribution in [2.75, 3.05) is 6.26 Å². The number of hydrogen-bond acceptors (Lipinski definition) is 4. The second-order valence-electron chi connectivity index (χ2n) is 5.55. The van der Waals surface area contributed by atoms with Gasteiger partial charge in [0.05, 0.1) is 12.2 Å². The first kappa shape index (κ1) is 12.6. The predicted octanol–water partition coefficient (Wildman–Crippen LogP) is 0.975. The molecule has 0 aromatic carbocycles. The maximum absolute atomic E-state index is 11.4. The van der Waals surface area contributed by atoms with Crippen LogP contribution < -0.4 is 5.73 Å². The lowest BCUT2D eigenvalue weighted by molar-refractivity contribution is 0.291. The van der Waals surface area contributed by atoms with Gasteiger partial charge in [-0.1, -0.05) is 13.8 Å². The molecule has 17 heavy (non-hydrogen) atoms. The van der Waals surface area contributed by atoms with Gasteiger partial charge in [0.1, 0.15) is 4.90 Å². The summed E-state index contributed by atoms with van der Waals surface area (Å²) in [4.78, 5) is 0.259. The van der Waals surface area contributed by atoms with Crippen LogP contribution in [0.2, 0.25) is 0 Å². The van der Waals surface area contributed by atoms with Crippen molar-refractivity contribution < 1.29 is 8.42 Å². The van der Waals surface area contributed by atoms with Crippen molar-refractivity contribution in [3.8, 4) is 0 Å². The molecule has 2 unspecified atom stereocenters. The second kappa shape index (κ2) is 3.81. The summed E-state index contributed by atoms with van der Waals surface area (Å²) in [6.07, 6.45) is 6.15. The number of sulfone groups is 1. The maximum atomic E-state index is 11.4. The largest absolute Gasteiger partial charge is 0.325 e. The minimum absolute atomic E-state index is 0.00908. The molecule has 1 aromatic heterocycles. The van der Waals surface area contributed by atoms with Gasteiger partial charge in [0.25, 0.3) is 0 Å². The van der Waals surface area contributed by atoms with Gasteiger partial charge in [-0.05, 0) is 18.3 Å². The van der Waals surface area contributed by atoms with E-state index in [2.05, 4.69) is 18.9 Å². The lowest BCUT2D eigenvalue weighted by atomic mass is 9.87. The van der Waals surface area contributed by atoms with Crippen LogP contribution in [0, 0.1) is 5.41 Å². The summed E-state index contributed by atoms with van der Waals surface area (Å²) >= 11 is 0. The van der Waals surface area contributed by atoms with Crippen molar-refractivity contribution >= 4 is 9.84 Å². The minimum atomic E-state index is -3.18. The molecule has 2 rings (SSSR count). The third-order valence-corrected chi connectivity index (χ3v) is 4.81. The van der Waals surface area contributed by atoms with Gasteiger partial charge in [-0.25, -0.2) is 8.42 Å². The van der Waals surface area contributed by atoms with Crippen molar-refractivity contribution in [3.63, 3.8) is 0 Å². The molecule has 0 spiro atoms. The molecule has 96 valence electrons. The minimum Gasteiger partial charge on any atom is -0.325 e. The van der Waals surface area contributed by atoms with Crippen LogP contribution in [0.25, 0.3) is 0 Å². The predicted molar refractivity (Wildman–Crippen MR) is 65.4 cm³/mol. The molecule has 1 aliphatic carbocycles. The van der Waals surface area contributed by atoms with E-state index < -0.39 is 9.84 Å². The lowest BCUT2D eigenvalue weighted by Gasteiger charge is -2.26. The number of nitrogens with zero attached hydrogens (tertiary/aromatic N) is 2. The molecule has 2 atom stereocenters. The Bertz CT molecular complexity index is 519. The molecule has 1 aromatic rings. The molecule has 5 nitrogen and oxygen atoms in total. The van der Waals surface area contributed by atoms with E-state index in [9.17, 15) is 8.42 Å². The molecule has 1 aliphatic rings. The highest BCUT2D eigenvalue weighted by Crippen LogP contribution is 2.42. The van der Waals surface area contributed by atoms with Crippen molar-refractivity contribution in [1.82, 2.24) is 9.78 Å². The molecular weight excluding hydrogens is 238 g/mol. The SMILES string of the molecule is CC1(C)CCC(n2cc(S(C)(=O)=O)cn2)C1N. The van der Waals surface area contributed by atoms with Crippen LogP contribution in [-0.4, -0.2) is 30.5 Å².